The van der Waals surface area contributed by atoms with Crippen molar-refractivity contribution in [3.8, 4) is 0 Å². The Morgan fingerprint density at radius 1 is 1.44 bits per heavy atom. The highest BCUT2D eigenvalue weighted by atomic mass is 127. The summed E-state index contributed by atoms with van der Waals surface area (Å²) < 4.78 is 27.0. The summed E-state index contributed by atoms with van der Waals surface area (Å²) in [5.41, 5.74) is -0.497. The van der Waals surface area contributed by atoms with Crippen LogP contribution in [0, 0.1) is 15.2 Å². The van der Waals surface area contributed by atoms with Gasteiger partial charge in [-0.2, -0.15) is 0 Å². The Hall–Kier alpha value is -0.720. The van der Waals surface area contributed by atoms with Gasteiger partial charge in [0.2, 0.25) is 0 Å². The molecular formula is C11H12F2INO. The number of benzene rings is 1. The highest BCUT2D eigenvalue weighted by Gasteiger charge is 2.18. The lowest BCUT2D eigenvalue weighted by molar-refractivity contribution is 0.0944. The molecule has 1 rings (SSSR count). The number of hydrogen-bond donors (Lipinski definition) is 1. The van der Waals surface area contributed by atoms with Gasteiger partial charge in [-0.05, 0) is 41.1 Å². The van der Waals surface area contributed by atoms with Crippen LogP contribution in [0.15, 0.2) is 12.1 Å². The van der Waals surface area contributed by atoms with E-state index in [1.807, 2.05) is 6.92 Å². The predicted octanol–water partition coefficient (Wildman–Crippen LogP) is 3.10. The van der Waals surface area contributed by atoms with Crippen molar-refractivity contribution in [2.24, 2.45) is 0 Å². The molecule has 0 aromatic heterocycles. The van der Waals surface area contributed by atoms with Crippen molar-refractivity contribution < 1.29 is 13.6 Å². The zero-order chi connectivity index (χ0) is 12.1. The Kier molecular flexibility index (Phi) is 5.11. The normalized spacial score (nSPS) is 10.2. The standard InChI is InChI=1S/C11H12F2INO/c1-2-3-6-15-11(16)9-7(12)4-5-8(14)10(9)13/h4-5H,2-3,6H2,1H3,(H,15,16). The van der Waals surface area contributed by atoms with Crippen molar-refractivity contribution in [3.63, 3.8) is 0 Å². The van der Waals surface area contributed by atoms with E-state index in [1.54, 1.807) is 22.6 Å². The van der Waals surface area contributed by atoms with Gasteiger partial charge in [0.25, 0.3) is 5.91 Å². The second kappa shape index (κ2) is 6.12. The highest BCUT2D eigenvalue weighted by molar-refractivity contribution is 14.1. The van der Waals surface area contributed by atoms with E-state index in [0.29, 0.717) is 6.54 Å². The van der Waals surface area contributed by atoms with Crippen molar-refractivity contribution >= 4 is 28.5 Å². The zero-order valence-electron chi connectivity index (χ0n) is 8.82. The quantitative estimate of drug-likeness (QED) is 0.510. The maximum Gasteiger partial charge on any atom is 0.257 e. The summed E-state index contributed by atoms with van der Waals surface area (Å²) in [6.07, 6.45) is 1.70. The topological polar surface area (TPSA) is 29.1 Å². The Bertz CT molecular complexity index is 396. The lowest BCUT2D eigenvalue weighted by Crippen LogP contribution is -2.26. The molecule has 0 unspecified atom stereocenters. The van der Waals surface area contributed by atoms with E-state index < -0.39 is 23.1 Å². The molecule has 0 spiro atoms. The fourth-order valence-electron chi connectivity index (χ4n) is 1.20. The van der Waals surface area contributed by atoms with E-state index in [9.17, 15) is 13.6 Å². The number of hydrogen-bond acceptors (Lipinski definition) is 1. The summed E-state index contributed by atoms with van der Waals surface area (Å²) in [4.78, 5) is 11.5. The van der Waals surface area contributed by atoms with Crippen LogP contribution in [0.2, 0.25) is 0 Å². The van der Waals surface area contributed by atoms with E-state index in [-0.39, 0.29) is 3.57 Å². The molecule has 5 heteroatoms. The molecule has 0 heterocycles. The number of unbranched alkanes of at least 4 members (excludes halogenated alkanes) is 1. The van der Waals surface area contributed by atoms with Crippen LogP contribution in [0.1, 0.15) is 30.1 Å². The summed E-state index contributed by atoms with van der Waals surface area (Å²) in [6.45, 7) is 2.40. The summed E-state index contributed by atoms with van der Waals surface area (Å²) in [6, 6.07) is 2.40. The molecule has 0 radical (unpaired) electrons. The summed E-state index contributed by atoms with van der Waals surface area (Å²) in [5, 5.41) is 2.49. The van der Waals surface area contributed by atoms with Crippen LogP contribution in [-0.2, 0) is 0 Å². The van der Waals surface area contributed by atoms with Crippen LogP contribution < -0.4 is 5.32 Å². The van der Waals surface area contributed by atoms with Crippen molar-refractivity contribution in [1.82, 2.24) is 5.32 Å². The van der Waals surface area contributed by atoms with Gasteiger partial charge >= 0.3 is 0 Å². The Labute approximate surface area is 107 Å². The minimum Gasteiger partial charge on any atom is -0.352 e. The Balaban J connectivity index is 2.86. The molecule has 0 aliphatic carbocycles. The van der Waals surface area contributed by atoms with Crippen LogP contribution in [0.3, 0.4) is 0 Å². The van der Waals surface area contributed by atoms with Gasteiger partial charge in [0.15, 0.2) is 5.82 Å². The largest absolute Gasteiger partial charge is 0.352 e. The van der Waals surface area contributed by atoms with E-state index >= 15 is 0 Å². The van der Waals surface area contributed by atoms with E-state index in [0.717, 1.165) is 18.9 Å². The minimum absolute atomic E-state index is 0.236. The van der Waals surface area contributed by atoms with Gasteiger partial charge in [0.1, 0.15) is 11.4 Å². The van der Waals surface area contributed by atoms with E-state index in [1.165, 1.54) is 6.07 Å². The fraction of sp³-hybridized carbons (Fsp3) is 0.364. The van der Waals surface area contributed by atoms with Gasteiger partial charge in [0.05, 0.1) is 0 Å². The van der Waals surface area contributed by atoms with Gasteiger partial charge in [-0.1, -0.05) is 13.3 Å². The zero-order valence-corrected chi connectivity index (χ0v) is 11.0. The van der Waals surface area contributed by atoms with Crippen molar-refractivity contribution in [3.05, 3.63) is 32.9 Å². The van der Waals surface area contributed by atoms with Crippen molar-refractivity contribution in [2.45, 2.75) is 19.8 Å². The van der Waals surface area contributed by atoms with Crippen LogP contribution in [0.25, 0.3) is 0 Å². The molecule has 0 atom stereocenters. The Morgan fingerprint density at radius 3 is 2.75 bits per heavy atom. The molecule has 1 N–H and O–H groups in total. The molecule has 0 aliphatic rings. The molecule has 0 saturated carbocycles. The first-order chi connectivity index (χ1) is 7.57. The number of rotatable bonds is 4. The highest BCUT2D eigenvalue weighted by Crippen LogP contribution is 2.18. The molecule has 2 nitrogen and oxygen atoms in total. The Morgan fingerprint density at radius 2 is 2.12 bits per heavy atom. The minimum atomic E-state index is -0.827. The number of carbonyl (C=O) groups is 1. The third kappa shape index (κ3) is 3.13. The lowest BCUT2D eigenvalue weighted by Gasteiger charge is -2.07. The molecule has 0 bridgehead atoms. The number of halogens is 3. The molecule has 1 amide bonds. The molecule has 88 valence electrons. The van der Waals surface area contributed by atoms with Crippen molar-refractivity contribution in [2.75, 3.05) is 6.54 Å². The fourth-order valence-corrected chi connectivity index (χ4v) is 1.65. The summed E-state index contributed by atoms with van der Waals surface area (Å²) in [5.74, 6) is -2.32. The summed E-state index contributed by atoms with van der Waals surface area (Å²) >= 11 is 1.72. The first kappa shape index (κ1) is 13.3. The average Bonchev–Trinajstić information content (AvgIpc) is 2.24. The van der Waals surface area contributed by atoms with Crippen molar-refractivity contribution in [1.29, 1.82) is 0 Å². The monoisotopic (exact) mass is 339 g/mol. The van der Waals surface area contributed by atoms with E-state index in [2.05, 4.69) is 5.32 Å². The average molecular weight is 339 g/mol. The van der Waals surface area contributed by atoms with Gasteiger partial charge in [-0.25, -0.2) is 8.78 Å². The lowest BCUT2D eigenvalue weighted by atomic mass is 10.2. The second-order valence-corrected chi connectivity index (χ2v) is 4.49. The molecule has 1 aromatic carbocycles. The van der Waals surface area contributed by atoms with Crippen LogP contribution in [0.5, 0.6) is 0 Å². The molecule has 0 fully saturated rings. The van der Waals surface area contributed by atoms with Crippen LogP contribution in [0.4, 0.5) is 8.78 Å². The maximum absolute atomic E-state index is 13.5. The van der Waals surface area contributed by atoms with Gasteiger partial charge < -0.3 is 5.32 Å². The smallest absolute Gasteiger partial charge is 0.257 e. The van der Waals surface area contributed by atoms with Gasteiger partial charge in [-0.3, -0.25) is 4.79 Å². The SMILES string of the molecule is CCCCNC(=O)c1c(F)ccc(I)c1F. The van der Waals surface area contributed by atoms with Crippen LogP contribution >= 0.6 is 22.6 Å². The predicted molar refractivity (Wildman–Crippen MR) is 66.3 cm³/mol. The summed E-state index contributed by atoms with van der Waals surface area (Å²) in [7, 11) is 0. The van der Waals surface area contributed by atoms with Crippen LogP contribution in [-0.4, -0.2) is 12.5 Å². The third-order valence-corrected chi connectivity index (χ3v) is 2.92. The molecule has 16 heavy (non-hydrogen) atoms. The maximum atomic E-state index is 13.5. The number of carbonyl (C=O) groups excluding carboxylic acids is 1. The number of amides is 1. The molecule has 0 aliphatic heterocycles. The third-order valence-electron chi connectivity index (χ3n) is 2.09. The second-order valence-electron chi connectivity index (χ2n) is 3.33. The molecule has 0 saturated heterocycles. The molecule has 1 aromatic rings. The first-order valence-electron chi connectivity index (χ1n) is 4.99. The van der Waals surface area contributed by atoms with E-state index in [4.69, 9.17) is 0 Å². The molecular weight excluding hydrogens is 327 g/mol. The van der Waals surface area contributed by atoms with Gasteiger partial charge in [-0.15, -0.1) is 0 Å². The number of nitrogens with one attached hydrogen (secondary N) is 1. The van der Waals surface area contributed by atoms with Gasteiger partial charge in [0, 0.05) is 10.1 Å². The first-order valence-corrected chi connectivity index (χ1v) is 6.07.